The summed E-state index contributed by atoms with van der Waals surface area (Å²) in [5.74, 6) is 0.886. The normalized spacial score (nSPS) is 12.0. The second-order valence-electron chi connectivity index (χ2n) is 4.49. The van der Waals surface area contributed by atoms with Crippen molar-refractivity contribution in [2.24, 2.45) is 0 Å². The number of imidazole rings is 1. The number of H-pyrrole nitrogens is 1. The number of hydrogen-bond acceptors (Lipinski definition) is 6. The largest absolute Gasteiger partial charge is 0.462 e. The third kappa shape index (κ3) is 3.56. The van der Waals surface area contributed by atoms with E-state index in [4.69, 9.17) is 4.74 Å². The van der Waals surface area contributed by atoms with Gasteiger partial charge in [0.1, 0.15) is 5.82 Å². The molecule has 2 rings (SSSR count). The summed E-state index contributed by atoms with van der Waals surface area (Å²) in [7, 11) is 0. The summed E-state index contributed by atoms with van der Waals surface area (Å²) in [6.07, 6.45) is 5.79. The minimum atomic E-state index is -0.403. The summed E-state index contributed by atoms with van der Waals surface area (Å²) in [6, 6.07) is -0.00663. The Balaban J connectivity index is 2.14. The van der Waals surface area contributed by atoms with Gasteiger partial charge in [-0.2, -0.15) is 0 Å². The summed E-state index contributed by atoms with van der Waals surface area (Å²) in [4.78, 5) is 27.5. The van der Waals surface area contributed by atoms with E-state index in [1.807, 2.05) is 6.92 Å². The molecule has 7 heteroatoms. The molecule has 1 atom stereocenters. The van der Waals surface area contributed by atoms with Gasteiger partial charge >= 0.3 is 5.97 Å². The van der Waals surface area contributed by atoms with Gasteiger partial charge in [0.15, 0.2) is 0 Å². The zero-order valence-corrected chi connectivity index (χ0v) is 12.4. The predicted molar refractivity (Wildman–Crippen MR) is 78.0 cm³/mol. The number of aryl methyl sites for hydroxylation is 1. The van der Waals surface area contributed by atoms with Crippen molar-refractivity contribution in [1.29, 1.82) is 0 Å². The molecule has 2 N–H and O–H groups in total. The molecule has 2 aromatic heterocycles. The number of rotatable bonds is 6. The standard InChI is InChI=1S/C14H19N5O2/c1-4-11(12-15-6-7-16-12)19-14-17-8-10(9(3)18-14)13(20)21-5-2/h6-8,11H,4-5H2,1-3H3,(H,15,16)(H,17,18,19). The molecular weight excluding hydrogens is 270 g/mol. The zero-order valence-electron chi connectivity index (χ0n) is 12.4. The fourth-order valence-corrected chi connectivity index (χ4v) is 1.93. The number of anilines is 1. The molecule has 21 heavy (non-hydrogen) atoms. The van der Waals surface area contributed by atoms with E-state index in [0.717, 1.165) is 12.2 Å². The summed E-state index contributed by atoms with van der Waals surface area (Å²) < 4.78 is 4.96. The van der Waals surface area contributed by atoms with Crippen LogP contribution in [0.25, 0.3) is 0 Å². The van der Waals surface area contributed by atoms with Gasteiger partial charge in [-0.05, 0) is 20.3 Å². The van der Waals surface area contributed by atoms with Crippen LogP contribution in [-0.2, 0) is 4.74 Å². The second-order valence-corrected chi connectivity index (χ2v) is 4.49. The Labute approximate surface area is 123 Å². The first-order valence-electron chi connectivity index (χ1n) is 6.92. The van der Waals surface area contributed by atoms with Crippen LogP contribution in [0.15, 0.2) is 18.6 Å². The number of nitrogens with one attached hydrogen (secondary N) is 2. The molecular formula is C14H19N5O2. The van der Waals surface area contributed by atoms with E-state index in [9.17, 15) is 4.79 Å². The minimum absolute atomic E-state index is 0.00663. The summed E-state index contributed by atoms with van der Waals surface area (Å²) in [6.45, 7) is 5.89. The molecule has 0 aliphatic heterocycles. The lowest BCUT2D eigenvalue weighted by Gasteiger charge is -2.15. The van der Waals surface area contributed by atoms with Crippen LogP contribution < -0.4 is 5.32 Å². The lowest BCUT2D eigenvalue weighted by molar-refractivity contribution is 0.0524. The number of carbonyl (C=O) groups is 1. The number of ether oxygens (including phenoxy) is 1. The molecule has 112 valence electrons. The van der Waals surface area contributed by atoms with Gasteiger partial charge < -0.3 is 15.0 Å². The molecule has 7 nitrogen and oxygen atoms in total. The summed E-state index contributed by atoms with van der Waals surface area (Å²) in [5, 5.41) is 3.20. The quantitative estimate of drug-likeness (QED) is 0.792. The molecule has 0 aliphatic rings. The Kier molecular flexibility index (Phi) is 4.86. The molecule has 1 unspecified atom stereocenters. The van der Waals surface area contributed by atoms with Crippen LogP contribution >= 0.6 is 0 Å². The van der Waals surface area contributed by atoms with Crippen LogP contribution in [0.5, 0.6) is 0 Å². The molecule has 0 amide bonds. The van der Waals surface area contributed by atoms with Gasteiger partial charge in [0.2, 0.25) is 5.95 Å². The lowest BCUT2D eigenvalue weighted by Crippen LogP contribution is -2.15. The Hall–Kier alpha value is -2.44. The topological polar surface area (TPSA) is 92.8 Å². The molecule has 2 aromatic rings. The smallest absolute Gasteiger partial charge is 0.341 e. The van der Waals surface area contributed by atoms with Crippen molar-refractivity contribution in [3.8, 4) is 0 Å². The third-order valence-corrected chi connectivity index (χ3v) is 3.04. The zero-order chi connectivity index (χ0) is 15.2. The average molecular weight is 289 g/mol. The van der Waals surface area contributed by atoms with Crippen molar-refractivity contribution >= 4 is 11.9 Å². The second kappa shape index (κ2) is 6.83. The van der Waals surface area contributed by atoms with E-state index in [1.165, 1.54) is 6.20 Å². The van der Waals surface area contributed by atoms with E-state index < -0.39 is 5.97 Å². The highest BCUT2D eigenvalue weighted by Gasteiger charge is 2.16. The maximum Gasteiger partial charge on any atom is 0.341 e. The average Bonchev–Trinajstić information content (AvgIpc) is 2.99. The molecule has 0 spiro atoms. The van der Waals surface area contributed by atoms with E-state index in [2.05, 4.69) is 25.3 Å². The monoisotopic (exact) mass is 289 g/mol. The first-order valence-corrected chi connectivity index (χ1v) is 6.92. The Bertz CT molecular complexity index is 597. The molecule has 2 heterocycles. The maximum atomic E-state index is 11.7. The van der Waals surface area contributed by atoms with Gasteiger partial charge in [0.25, 0.3) is 0 Å². The van der Waals surface area contributed by atoms with Gasteiger partial charge in [-0.3, -0.25) is 0 Å². The number of aromatic amines is 1. The Morgan fingerprint density at radius 1 is 1.43 bits per heavy atom. The van der Waals surface area contributed by atoms with E-state index in [0.29, 0.717) is 23.8 Å². The van der Waals surface area contributed by atoms with Crippen LogP contribution in [0, 0.1) is 6.92 Å². The fraction of sp³-hybridized carbons (Fsp3) is 0.429. The molecule has 0 aliphatic carbocycles. The highest BCUT2D eigenvalue weighted by Crippen LogP contribution is 2.18. The molecule has 0 saturated heterocycles. The summed E-state index contributed by atoms with van der Waals surface area (Å²) in [5.41, 5.74) is 0.966. The van der Waals surface area contributed by atoms with Gasteiger partial charge in [0, 0.05) is 18.6 Å². The lowest BCUT2D eigenvalue weighted by atomic mass is 10.2. The molecule has 0 saturated carbocycles. The van der Waals surface area contributed by atoms with Gasteiger partial charge in [-0.25, -0.2) is 19.7 Å². The highest BCUT2D eigenvalue weighted by molar-refractivity contribution is 5.90. The Morgan fingerprint density at radius 2 is 2.24 bits per heavy atom. The van der Waals surface area contributed by atoms with Crippen molar-refractivity contribution in [3.63, 3.8) is 0 Å². The molecule has 0 fully saturated rings. The SMILES string of the molecule is CCOC(=O)c1cnc(NC(CC)c2ncc[nH]2)nc1C. The Morgan fingerprint density at radius 3 is 2.81 bits per heavy atom. The van der Waals surface area contributed by atoms with Gasteiger partial charge in [0.05, 0.1) is 23.9 Å². The number of carbonyl (C=O) groups excluding carboxylic acids is 1. The first-order chi connectivity index (χ1) is 10.2. The number of esters is 1. The fourth-order valence-electron chi connectivity index (χ4n) is 1.93. The molecule has 0 radical (unpaired) electrons. The van der Waals surface area contributed by atoms with E-state index in [1.54, 1.807) is 26.2 Å². The number of hydrogen-bond donors (Lipinski definition) is 2. The minimum Gasteiger partial charge on any atom is -0.462 e. The van der Waals surface area contributed by atoms with Crippen molar-refractivity contribution in [3.05, 3.63) is 35.7 Å². The van der Waals surface area contributed by atoms with Crippen molar-refractivity contribution in [1.82, 2.24) is 19.9 Å². The summed E-state index contributed by atoms with van der Waals surface area (Å²) >= 11 is 0. The third-order valence-electron chi connectivity index (χ3n) is 3.04. The van der Waals surface area contributed by atoms with Gasteiger partial charge in [-0.15, -0.1) is 0 Å². The molecule has 0 aromatic carbocycles. The van der Waals surface area contributed by atoms with Crippen molar-refractivity contribution in [2.75, 3.05) is 11.9 Å². The van der Waals surface area contributed by atoms with Crippen LogP contribution in [0.2, 0.25) is 0 Å². The molecule has 0 bridgehead atoms. The van der Waals surface area contributed by atoms with E-state index in [-0.39, 0.29) is 6.04 Å². The van der Waals surface area contributed by atoms with Crippen LogP contribution in [0.4, 0.5) is 5.95 Å². The van der Waals surface area contributed by atoms with Crippen LogP contribution in [0.1, 0.15) is 48.2 Å². The van der Waals surface area contributed by atoms with E-state index >= 15 is 0 Å². The van der Waals surface area contributed by atoms with Crippen LogP contribution in [0.3, 0.4) is 0 Å². The van der Waals surface area contributed by atoms with Crippen molar-refractivity contribution < 1.29 is 9.53 Å². The van der Waals surface area contributed by atoms with Crippen LogP contribution in [-0.4, -0.2) is 32.5 Å². The predicted octanol–water partition coefficient (Wildman–Crippen LogP) is 2.25. The highest BCUT2D eigenvalue weighted by atomic mass is 16.5. The number of aromatic nitrogens is 4. The van der Waals surface area contributed by atoms with Gasteiger partial charge in [-0.1, -0.05) is 6.92 Å². The number of nitrogens with zero attached hydrogens (tertiary/aromatic N) is 3. The first kappa shape index (κ1) is 15.0. The maximum absolute atomic E-state index is 11.7. The van der Waals surface area contributed by atoms with Crippen molar-refractivity contribution in [2.45, 2.75) is 33.2 Å².